The van der Waals surface area contributed by atoms with Crippen molar-refractivity contribution in [2.45, 2.75) is 25.1 Å². The van der Waals surface area contributed by atoms with Crippen molar-refractivity contribution in [2.75, 3.05) is 0 Å². The fourth-order valence-electron chi connectivity index (χ4n) is 1.62. The van der Waals surface area contributed by atoms with Gasteiger partial charge < -0.3 is 0 Å². The molecule has 2 rings (SSSR count). The van der Waals surface area contributed by atoms with E-state index in [1.165, 1.54) is 9.75 Å². The Morgan fingerprint density at radius 2 is 2.18 bits per heavy atom. The van der Waals surface area contributed by atoms with E-state index in [0.717, 1.165) is 18.4 Å². The molecule has 0 aliphatic rings. The van der Waals surface area contributed by atoms with Gasteiger partial charge in [-0.2, -0.15) is 0 Å². The zero-order valence-electron chi connectivity index (χ0n) is 9.49. The minimum atomic E-state index is -0.0137. The molecule has 0 bridgehead atoms. The van der Waals surface area contributed by atoms with Gasteiger partial charge in [0.05, 0.1) is 10.4 Å². The van der Waals surface area contributed by atoms with Crippen LogP contribution in [0.4, 0.5) is 0 Å². The van der Waals surface area contributed by atoms with Crippen molar-refractivity contribution in [1.82, 2.24) is 4.98 Å². The first kappa shape index (κ1) is 12.9. The molecule has 2 heterocycles. The van der Waals surface area contributed by atoms with E-state index in [-0.39, 0.29) is 5.38 Å². The lowest BCUT2D eigenvalue weighted by Crippen LogP contribution is -1.94. The van der Waals surface area contributed by atoms with Crippen LogP contribution in [0.15, 0.2) is 30.6 Å². The number of hydrogen-bond acceptors (Lipinski definition) is 2. The zero-order chi connectivity index (χ0) is 12.3. The van der Waals surface area contributed by atoms with E-state index in [1.807, 2.05) is 6.07 Å². The summed E-state index contributed by atoms with van der Waals surface area (Å²) >= 11 is 14.3. The molecule has 0 radical (unpaired) electrons. The number of alkyl halides is 1. The third-order valence-electron chi connectivity index (χ3n) is 2.60. The SMILES string of the molecule is CCc1ccc(C(Cl)Cc2ccncc2Cl)s1. The highest BCUT2D eigenvalue weighted by Crippen LogP contribution is 2.32. The molecule has 0 aliphatic carbocycles. The molecule has 0 N–H and O–H groups in total. The standard InChI is InChI=1S/C13H13Cl2NS/c1-2-10-3-4-13(17-10)11(14)7-9-5-6-16-8-12(9)15/h3-6,8,11H,2,7H2,1H3. The largest absolute Gasteiger partial charge is 0.263 e. The molecule has 1 unspecified atom stereocenters. The van der Waals surface area contributed by atoms with Gasteiger partial charge in [-0.15, -0.1) is 22.9 Å². The van der Waals surface area contributed by atoms with E-state index >= 15 is 0 Å². The number of rotatable bonds is 4. The van der Waals surface area contributed by atoms with Crippen LogP contribution in [0, 0.1) is 0 Å². The van der Waals surface area contributed by atoms with Crippen LogP contribution in [-0.2, 0) is 12.8 Å². The first-order chi connectivity index (χ1) is 8.20. The fraction of sp³-hybridized carbons (Fsp3) is 0.308. The molecule has 1 nitrogen and oxygen atoms in total. The maximum Gasteiger partial charge on any atom is 0.0719 e. The Kier molecular flexibility index (Phi) is 4.43. The summed E-state index contributed by atoms with van der Waals surface area (Å²) in [5.74, 6) is 0. The molecular weight excluding hydrogens is 273 g/mol. The number of aromatic nitrogens is 1. The molecule has 0 saturated heterocycles. The number of hydrogen-bond donors (Lipinski definition) is 0. The van der Waals surface area contributed by atoms with E-state index in [2.05, 4.69) is 24.0 Å². The normalized spacial score (nSPS) is 12.6. The van der Waals surface area contributed by atoms with Crippen LogP contribution < -0.4 is 0 Å². The second-order valence-electron chi connectivity index (χ2n) is 3.80. The molecule has 0 aromatic carbocycles. The second-order valence-corrected chi connectivity index (χ2v) is 5.93. The third-order valence-corrected chi connectivity index (χ3v) is 4.80. The minimum absolute atomic E-state index is 0.0137. The van der Waals surface area contributed by atoms with Crippen molar-refractivity contribution in [3.8, 4) is 0 Å². The molecule has 90 valence electrons. The Labute approximate surface area is 115 Å². The van der Waals surface area contributed by atoms with Gasteiger partial charge in [0.1, 0.15) is 0 Å². The first-order valence-corrected chi connectivity index (χ1v) is 7.15. The van der Waals surface area contributed by atoms with Crippen LogP contribution in [0.1, 0.15) is 27.6 Å². The van der Waals surface area contributed by atoms with Gasteiger partial charge in [0.15, 0.2) is 0 Å². The van der Waals surface area contributed by atoms with Gasteiger partial charge in [-0.25, -0.2) is 0 Å². The van der Waals surface area contributed by atoms with E-state index in [4.69, 9.17) is 23.2 Å². The summed E-state index contributed by atoms with van der Waals surface area (Å²) < 4.78 is 0. The van der Waals surface area contributed by atoms with Crippen molar-refractivity contribution in [1.29, 1.82) is 0 Å². The quantitative estimate of drug-likeness (QED) is 0.730. The second kappa shape index (κ2) is 5.85. The smallest absolute Gasteiger partial charge is 0.0719 e. The highest BCUT2D eigenvalue weighted by atomic mass is 35.5. The van der Waals surface area contributed by atoms with E-state index < -0.39 is 0 Å². The predicted molar refractivity (Wildman–Crippen MR) is 75.2 cm³/mol. The molecule has 17 heavy (non-hydrogen) atoms. The molecule has 2 aromatic heterocycles. The van der Waals surface area contributed by atoms with E-state index in [9.17, 15) is 0 Å². The summed E-state index contributed by atoms with van der Waals surface area (Å²) in [6.07, 6.45) is 5.21. The zero-order valence-corrected chi connectivity index (χ0v) is 11.8. The Morgan fingerprint density at radius 1 is 1.35 bits per heavy atom. The summed E-state index contributed by atoms with van der Waals surface area (Å²) in [5, 5.41) is 0.672. The van der Waals surface area contributed by atoms with Gasteiger partial charge in [0.25, 0.3) is 0 Å². The number of pyridine rings is 1. The highest BCUT2D eigenvalue weighted by molar-refractivity contribution is 7.12. The molecule has 0 aliphatic heterocycles. The molecule has 1 atom stereocenters. The first-order valence-electron chi connectivity index (χ1n) is 5.51. The summed E-state index contributed by atoms with van der Waals surface area (Å²) in [6, 6.07) is 6.17. The summed E-state index contributed by atoms with van der Waals surface area (Å²) in [6.45, 7) is 2.15. The predicted octanol–water partition coefficient (Wildman–Crippen LogP) is 4.88. The number of nitrogens with zero attached hydrogens (tertiary/aromatic N) is 1. The summed E-state index contributed by atoms with van der Waals surface area (Å²) in [5.41, 5.74) is 1.05. The summed E-state index contributed by atoms with van der Waals surface area (Å²) in [7, 11) is 0. The fourth-order valence-corrected chi connectivity index (χ4v) is 3.12. The van der Waals surface area contributed by atoms with Gasteiger partial charge in [-0.05, 0) is 36.6 Å². The third kappa shape index (κ3) is 3.21. The molecule has 0 amide bonds. The number of aryl methyl sites for hydroxylation is 1. The topological polar surface area (TPSA) is 12.9 Å². The van der Waals surface area contributed by atoms with Crippen LogP contribution in [0.2, 0.25) is 5.02 Å². The van der Waals surface area contributed by atoms with Crippen LogP contribution in [0.25, 0.3) is 0 Å². The van der Waals surface area contributed by atoms with Crippen LogP contribution in [-0.4, -0.2) is 4.98 Å². The van der Waals surface area contributed by atoms with Crippen LogP contribution in [0.3, 0.4) is 0 Å². The monoisotopic (exact) mass is 285 g/mol. The Hall–Kier alpha value is -0.570. The molecule has 4 heteroatoms. The van der Waals surface area contributed by atoms with Crippen molar-refractivity contribution >= 4 is 34.5 Å². The molecule has 2 aromatic rings. The average molecular weight is 286 g/mol. The molecule has 0 spiro atoms. The Bertz CT molecular complexity index is 496. The van der Waals surface area contributed by atoms with Gasteiger partial charge >= 0.3 is 0 Å². The number of thiophene rings is 1. The van der Waals surface area contributed by atoms with E-state index in [1.54, 1.807) is 23.7 Å². The lowest BCUT2D eigenvalue weighted by atomic mass is 10.1. The number of halogens is 2. The maximum atomic E-state index is 6.41. The van der Waals surface area contributed by atoms with Gasteiger partial charge in [-0.1, -0.05) is 18.5 Å². The summed E-state index contributed by atoms with van der Waals surface area (Å²) in [4.78, 5) is 6.54. The van der Waals surface area contributed by atoms with Crippen molar-refractivity contribution in [3.63, 3.8) is 0 Å². The Balaban J connectivity index is 2.11. The van der Waals surface area contributed by atoms with Crippen molar-refractivity contribution in [3.05, 3.63) is 50.9 Å². The molecule has 0 fully saturated rings. The van der Waals surface area contributed by atoms with E-state index in [0.29, 0.717) is 5.02 Å². The van der Waals surface area contributed by atoms with Gasteiger partial charge in [-0.3, -0.25) is 4.98 Å². The Morgan fingerprint density at radius 3 is 2.82 bits per heavy atom. The lowest BCUT2D eigenvalue weighted by molar-refractivity contribution is 0.936. The van der Waals surface area contributed by atoms with Crippen molar-refractivity contribution < 1.29 is 0 Å². The van der Waals surface area contributed by atoms with Gasteiger partial charge in [0.2, 0.25) is 0 Å². The highest BCUT2D eigenvalue weighted by Gasteiger charge is 2.13. The maximum absolute atomic E-state index is 6.41. The van der Waals surface area contributed by atoms with Gasteiger partial charge in [0, 0.05) is 22.1 Å². The van der Waals surface area contributed by atoms with Crippen molar-refractivity contribution in [2.24, 2.45) is 0 Å². The molecular formula is C13H13Cl2NS. The molecule has 0 saturated carbocycles. The average Bonchev–Trinajstić information content (AvgIpc) is 2.81. The van der Waals surface area contributed by atoms with Crippen LogP contribution >= 0.6 is 34.5 Å². The lowest BCUT2D eigenvalue weighted by Gasteiger charge is -2.08. The van der Waals surface area contributed by atoms with Crippen LogP contribution in [0.5, 0.6) is 0 Å². The minimum Gasteiger partial charge on any atom is -0.263 e.